The van der Waals surface area contributed by atoms with Gasteiger partial charge in [0.05, 0.1) is 4.90 Å². The zero-order valence-corrected chi connectivity index (χ0v) is 10.9. The number of piperazine rings is 1. The van der Waals surface area contributed by atoms with Crippen molar-refractivity contribution in [1.29, 1.82) is 0 Å². The Morgan fingerprint density at radius 1 is 1.24 bits per heavy atom. The van der Waals surface area contributed by atoms with Crippen molar-refractivity contribution >= 4 is 10.0 Å². The smallest absolute Gasteiger partial charge is 0.243 e. The first-order valence-electron chi connectivity index (χ1n) is 5.84. The van der Waals surface area contributed by atoms with Gasteiger partial charge in [0.2, 0.25) is 10.0 Å². The fraction of sp³-hybridized carbons (Fsp3) is 0.500. The first-order valence-corrected chi connectivity index (χ1v) is 7.28. The molecule has 0 spiro atoms. The average Bonchev–Trinajstić information content (AvgIpc) is 2.33. The van der Waals surface area contributed by atoms with Crippen LogP contribution in [0.3, 0.4) is 0 Å². The molecule has 2 atom stereocenters. The maximum absolute atomic E-state index is 12.4. The standard InChI is InChI=1S/C12H18N2O2S/c1-10-11(2)14(9-8-13-10)17(15,16)12-6-4-3-5-7-12/h3-7,10-11,13H,8-9H2,1-2H3. The lowest BCUT2D eigenvalue weighted by Crippen LogP contribution is -2.56. The van der Waals surface area contributed by atoms with E-state index in [2.05, 4.69) is 5.32 Å². The van der Waals surface area contributed by atoms with E-state index in [1.807, 2.05) is 19.9 Å². The molecule has 0 amide bonds. The Balaban J connectivity index is 2.33. The molecule has 0 aromatic heterocycles. The Bertz CT molecular complexity index is 473. The van der Waals surface area contributed by atoms with E-state index in [4.69, 9.17) is 0 Å². The summed E-state index contributed by atoms with van der Waals surface area (Å²) >= 11 is 0. The molecule has 1 heterocycles. The van der Waals surface area contributed by atoms with Gasteiger partial charge in [0.1, 0.15) is 0 Å². The minimum absolute atomic E-state index is 0.0195. The minimum Gasteiger partial charge on any atom is -0.311 e. The van der Waals surface area contributed by atoms with Crippen LogP contribution in [-0.4, -0.2) is 37.9 Å². The maximum atomic E-state index is 12.4. The Morgan fingerprint density at radius 3 is 2.53 bits per heavy atom. The van der Waals surface area contributed by atoms with Gasteiger partial charge in [0.15, 0.2) is 0 Å². The van der Waals surface area contributed by atoms with Crippen LogP contribution >= 0.6 is 0 Å². The van der Waals surface area contributed by atoms with Gasteiger partial charge in [-0.25, -0.2) is 8.42 Å². The maximum Gasteiger partial charge on any atom is 0.243 e. The van der Waals surface area contributed by atoms with Crippen molar-refractivity contribution in [2.45, 2.75) is 30.8 Å². The van der Waals surface area contributed by atoms with E-state index in [9.17, 15) is 8.42 Å². The first kappa shape index (κ1) is 12.5. The molecule has 1 aromatic rings. The summed E-state index contributed by atoms with van der Waals surface area (Å²) in [6.07, 6.45) is 0. The summed E-state index contributed by atoms with van der Waals surface area (Å²) in [5.41, 5.74) is 0. The topological polar surface area (TPSA) is 49.4 Å². The fourth-order valence-corrected chi connectivity index (χ4v) is 3.82. The number of hydrogen-bond donors (Lipinski definition) is 1. The Kier molecular flexibility index (Phi) is 3.51. The van der Waals surface area contributed by atoms with Crippen LogP contribution in [0.25, 0.3) is 0 Å². The van der Waals surface area contributed by atoms with Crippen molar-refractivity contribution < 1.29 is 8.42 Å². The third-order valence-corrected chi connectivity index (χ3v) is 5.33. The summed E-state index contributed by atoms with van der Waals surface area (Å²) in [5.74, 6) is 0. The van der Waals surface area contributed by atoms with E-state index in [0.717, 1.165) is 0 Å². The van der Waals surface area contributed by atoms with E-state index in [-0.39, 0.29) is 12.1 Å². The van der Waals surface area contributed by atoms with Crippen LogP contribution in [0.5, 0.6) is 0 Å². The molecule has 94 valence electrons. The molecule has 1 fully saturated rings. The van der Waals surface area contributed by atoms with E-state index >= 15 is 0 Å². The van der Waals surface area contributed by atoms with Gasteiger partial charge in [0.25, 0.3) is 0 Å². The molecule has 1 N–H and O–H groups in total. The van der Waals surface area contributed by atoms with Crippen molar-refractivity contribution in [2.75, 3.05) is 13.1 Å². The lowest BCUT2D eigenvalue weighted by molar-refractivity contribution is 0.233. The Hall–Kier alpha value is -0.910. The Morgan fingerprint density at radius 2 is 1.88 bits per heavy atom. The van der Waals surface area contributed by atoms with Crippen molar-refractivity contribution in [3.8, 4) is 0 Å². The molecule has 17 heavy (non-hydrogen) atoms. The second-order valence-electron chi connectivity index (χ2n) is 4.41. The predicted molar refractivity (Wildman–Crippen MR) is 67.3 cm³/mol. The molecule has 0 saturated carbocycles. The number of nitrogens with zero attached hydrogens (tertiary/aromatic N) is 1. The molecule has 0 radical (unpaired) electrons. The van der Waals surface area contributed by atoms with Crippen LogP contribution in [-0.2, 0) is 10.0 Å². The van der Waals surface area contributed by atoms with Crippen LogP contribution < -0.4 is 5.32 Å². The number of rotatable bonds is 2. The highest BCUT2D eigenvalue weighted by Crippen LogP contribution is 2.20. The summed E-state index contributed by atoms with van der Waals surface area (Å²) in [6.45, 7) is 5.19. The lowest BCUT2D eigenvalue weighted by atomic mass is 10.1. The number of benzene rings is 1. The highest BCUT2D eigenvalue weighted by atomic mass is 32.2. The number of nitrogens with one attached hydrogen (secondary N) is 1. The summed E-state index contributed by atoms with van der Waals surface area (Å²) in [5, 5.41) is 3.28. The number of hydrogen-bond acceptors (Lipinski definition) is 3. The first-order chi connectivity index (χ1) is 8.03. The zero-order chi connectivity index (χ0) is 12.5. The van der Waals surface area contributed by atoms with Crippen LogP contribution in [0.2, 0.25) is 0 Å². The SMILES string of the molecule is CC1NCCN(S(=O)(=O)c2ccccc2)C1C. The molecule has 2 unspecified atom stereocenters. The summed E-state index contributed by atoms with van der Waals surface area (Å²) in [6, 6.07) is 8.79. The van der Waals surface area contributed by atoms with Gasteiger partial charge in [-0.15, -0.1) is 0 Å². The summed E-state index contributed by atoms with van der Waals surface area (Å²) in [4.78, 5) is 0.376. The highest BCUT2D eigenvalue weighted by molar-refractivity contribution is 7.89. The minimum atomic E-state index is -3.35. The highest BCUT2D eigenvalue weighted by Gasteiger charge is 2.34. The van der Waals surface area contributed by atoms with Crippen molar-refractivity contribution in [1.82, 2.24) is 9.62 Å². The molecule has 5 heteroatoms. The Labute approximate surface area is 103 Å². The molecule has 0 bridgehead atoms. The van der Waals surface area contributed by atoms with Crippen molar-refractivity contribution in [3.05, 3.63) is 30.3 Å². The van der Waals surface area contributed by atoms with Crippen molar-refractivity contribution in [2.24, 2.45) is 0 Å². The molecule has 1 aliphatic heterocycles. The van der Waals surface area contributed by atoms with Gasteiger partial charge in [-0.05, 0) is 26.0 Å². The molecular formula is C12H18N2O2S. The van der Waals surface area contributed by atoms with Gasteiger partial charge in [-0.2, -0.15) is 4.31 Å². The van der Waals surface area contributed by atoms with Gasteiger partial charge < -0.3 is 5.32 Å². The molecule has 1 aliphatic rings. The van der Waals surface area contributed by atoms with E-state index in [1.54, 1.807) is 28.6 Å². The second kappa shape index (κ2) is 4.76. The third-order valence-electron chi connectivity index (χ3n) is 3.33. The van der Waals surface area contributed by atoms with Gasteiger partial charge in [-0.1, -0.05) is 18.2 Å². The molecule has 0 aliphatic carbocycles. The largest absolute Gasteiger partial charge is 0.311 e. The van der Waals surface area contributed by atoms with E-state index in [1.165, 1.54) is 0 Å². The van der Waals surface area contributed by atoms with Crippen LogP contribution in [0.15, 0.2) is 35.2 Å². The average molecular weight is 254 g/mol. The fourth-order valence-electron chi connectivity index (χ4n) is 2.09. The second-order valence-corrected chi connectivity index (χ2v) is 6.30. The quantitative estimate of drug-likeness (QED) is 0.858. The predicted octanol–water partition coefficient (Wildman–Crippen LogP) is 1.06. The molecule has 1 aromatic carbocycles. The van der Waals surface area contributed by atoms with Crippen LogP contribution in [0.4, 0.5) is 0 Å². The monoisotopic (exact) mass is 254 g/mol. The number of sulfonamides is 1. The van der Waals surface area contributed by atoms with Gasteiger partial charge >= 0.3 is 0 Å². The van der Waals surface area contributed by atoms with Crippen LogP contribution in [0, 0.1) is 0 Å². The molecule has 1 saturated heterocycles. The normalized spacial score (nSPS) is 26.9. The third kappa shape index (κ3) is 2.36. The molecule has 2 rings (SSSR count). The zero-order valence-electron chi connectivity index (χ0n) is 10.1. The molecule has 4 nitrogen and oxygen atoms in total. The van der Waals surface area contributed by atoms with E-state index < -0.39 is 10.0 Å². The summed E-state index contributed by atoms with van der Waals surface area (Å²) < 4.78 is 26.5. The van der Waals surface area contributed by atoms with Gasteiger partial charge in [0, 0.05) is 25.2 Å². The van der Waals surface area contributed by atoms with Gasteiger partial charge in [-0.3, -0.25) is 0 Å². The van der Waals surface area contributed by atoms with Crippen LogP contribution in [0.1, 0.15) is 13.8 Å². The van der Waals surface area contributed by atoms with Crippen molar-refractivity contribution in [3.63, 3.8) is 0 Å². The summed E-state index contributed by atoms with van der Waals surface area (Å²) in [7, 11) is -3.35. The molecular weight excluding hydrogens is 236 g/mol. The van der Waals surface area contributed by atoms with E-state index in [0.29, 0.717) is 18.0 Å². The lowest BCUT2D eigenvalue weighted by Gasteiger charge is -2.37.